The summed E-state index contributed by atoms with van der Waals surface area (Å²) in [6.45, 7) is 6.16. The Kier molecular flexibility index (Phi) is 4.29. The molecule has 1 rings (SSSR count). The molecule has 0 aliphatic carbocycles. The van der Waals surface area contributed by atoms with E-state index in [1.807, 2.05) is 0 Å². The van der Waals surface area contributed by atoms with Crippen molar-refractivity contribution in [3.63, 3.8) is 0 Å². The van der Waals surface area contributed by atoms with Crippen LogP contribution in [0.25, 0.3) is 0 Å². The number of carbonyl (C=O) groups excluding carboxylic acids is 1. The molecule has 0 fully saturated rings. The third-order valence-electron chi connectivity index (χ3n) is 1.87. The number of nitrogens with zero attached hydrogens (tertiary/aromatic N) is 2. The fourth-order valence-electron chi connectivity index (χ4n) is 0.976. The van der Waals surface area contributed by atoms with Gasteiger partial charge in [-0.15, -0.1) is 0 Å². The molecule has 0 unspecified atom stereocenters. The first kappa shape index (κ1) is 13.0. The Balaban J connectivity index is 2.72. The molecular weight excluding hydrogens is 224 g/mol. The molecule has 0 saturated heterocycles. The van der Waals surface area contributed by atoms with Gasteiger partial charge in [-0.25, -0.2) is 9.97 Å². The van der Waals surface area contributed by atoms with Crippen molar-refractivity contribution in [1.29, 1.82) is 0 Å². The highest BCUT2D eigenvalue weighted by Gasteiger charge is 2.17. The lowest BCUT2D eigenvalue weighted by Crippen LogP contribution is -2.16. The van der Waals surface area contributed by atoms with Crippen molar-refractivity contribution in [2.75, 3.05) is 12.9 Å². The van der Waals surface area contributed by atoms with Gasteiger partial charge in [-0.3, -0.25) is 4.79 Å². The molecule has 0 atom stereocenters. The van der Waals surface area contributed by atoms with E-state index in [2.05, 4.69) is 35.5 Å². The van der Waals surface area contributed by atoms with Crippen LogP contribution in [0, 0.1) is 0 Å². The number of aromatic nitrogens is 2. The van der Waals surface area contributed by atoms with E-state index in [4.69, 9.17) is 0 Å². The van der Waals surface area contributed by atoms with Gasteiger partial charge in [0, 0.05) is 11.6 Å². The van der Waals surface area contributed by atoms with Crippen molar-refractivity contribution >= 4 is 17.7 Å². The van der Waals surface area contributed by atoms with E-state index < -0.39 is 0 Å². The molecule has 5 heteroatoms. The van der Waals surface area contributed by atoms with Crippen LogP contribution in [0.2, 0.25) is 0 Å². The molecule has 16 heavy (non-hydrogen) atoms. The minimum absolute atomic E-state index is 0.0815. The van der Waals surface area contributed by atoms with E-state index in [1.165, 1.54) is 18.9 Å². The van der Waals surface area contributed by atoms with Crippen LogP contribution in [0.1, 0.15) is 26.6 Å². The van der Waals surface area contributed by atoms with E-state index in [-0.39, 0.29) is 17.1 Å². The summed E-state index contributed by atoms with van der Waals surface area (Å²) in [7, 11) is 1.38. The first-order valence-corrected chi connectivity index (χ1v) is 5.95. The number of methoxy groups -OCH3 is 1. The van der Waals surface area contributed by atoms with Gasteiger partial charge in [0.1, 0.15) is 10.9 Å². The van der Waals surface area contributed by atoms with Crippen LogP contribution < -0.4 is 0 Å². The van der Waals surface area contributed by atoms with Gasteiger partial charge in [0.2, 0.25) is 0 Å². The SMILES string of the molecule is COC(=O)CSc1ccnc(C(C)(C)C)n1. The first-order valence-electron chi connectivity index (χ1n) is 4.96. The molecule has 0 radical (unpaired) electrons. The number of rotatable bonds is 3. The van der Waals surface area contributed by atoms with Crippen LogP contribution >= 0.6 is 11.8 Å². The second kappa shape index (κ2) is 5.30. The lowest BCUT2D eigenvalue weighted by molar-refractivity contribution is -0.137. The summed E-state index contributed by atoms with van der Waals surface area (Å²) in [5, 5.41) is 0.797. The Hall–Kier alpha value is -1.10. The molecular formula is C11H16N2O2S. The van der Waals surface area contributed by atoms with Crippen molar-refractivity contribution in [2.24, 2.45) is 0 Å². The molecule has 0 saturated carbocycles. The topological polar surface area (TPSA) is 52.1 Å². The maximum atomic E-state index is 11.0. The summed E-state index contributed by atoms with van der Waals surface area (Å²) in [5.74, 6) is 0.806. The third-order valence-corrected chi connectivity index (χ3v) is 2.77. The van der Waals surface area contributed by atoms with Gasteiger partial charge in [-0.05, 0) is 6.07 Å². The molecule has 0 bridgehead atoms. The van der Waals surface area contributed by atoms with Crippen molar-refractivity contribution < 1.29 is 9.53 Å². The monoisotopic (exact) mass is 240 g/mol. The third kappa shape index (κ3) is 3.81. The van der Waals surface area contributed by atoms with Gasteiger partial charge < -0.3 is 4.74 Å². The van der Waals surface area contributed by atoms with Crippen molar-refractivity contribution in [1.82, 2.24) is 9.97 Å². The van der Waals surface area contributed by atoms with Gasteiger partial charge >= 0.3 is 5.97 Å². The molecule has 0 N–H and O–H groups in total. The Morgan fingerprint density at radius 3 is 2.75 bits per heavy atom. The van der Waals surface area contributed by atoms with Crippen LogP contribution in [0.5, 0.6) is 0 Å². The van der Waals surface area contributed by atoms with E-state index >= 15 is 0 Å². The predicted molar refractivity (Wildman–Crippen MR) is 63.5 cm³/mol. The van der Waals surface area contributed by atoms with Crippen LogP contribution in [-0.2, 0) is 14.9 Å². The van der Waals surface area contributed by atoms with Crippen molar-refractivity contribution in [3.8, 4) is 0 Å². The maximum absolute atomic E-state index is 11.0. The lowest BCUT2D eigenvalue weighted by atomic mass is 9.96. The van der Waals surface area contributed by atoms with Crippen LogP contribution in [0.15, 0.2) is 17.3 Å². The average Bonchev–Trinajstić information content (AvgIpc) is 2.25. The van der Waals surface area contributed by atoms with E-state index in [0.717, 1.165) is 10.9 Å². The fraction of sp³-hybridized carbons (Fsp3) is 0.545. The van der Waals surface area contributed by atoms with Gasteiger partial charge in [-0.1, -0.05) is 32.5 Å². The second-order valence-electron chi connectivity index (χ2n) is 4.33. The summed E-state index contributed by atoms with van der Waals surface area (Å²) >= 11 is 1.36. The molecule has 0 aromatic carbocycles. The zero-order chi connectivity index (χ0) is 12.2. The number of carbonyl (C=O) groups is 1. The highest BCUT2D eigenvalue weighted by Crippen LogP contribution is 2.21. The quantitative estimate of drug-likeness (QED) is 0.460. The van der Waals surface area contributed by atoms with E-state index in [1.54, 1.807) is 12.3 Å². The number of thioether (sulfide) groups is 1. The van der Waals surface area contributed by atoms with Gasteiger partial charge in [0.05, 0.1) is 12.9 Å². The summed E-state index contributed by atoms with van der Waals surface area (Å²) < 4.78 is 4.57. The van der Waals surface area contributed by atoms with Crippen molar-refractivity contribution in [2.45, 2.75) is 31.2 Å². The lowest BCUT2D eigenvalue weighted by Gasteiger charge is -2.16. The molecule has 0 aliphatic heterocycles. The van der Waals surface area contributed by atoms with Crippen LogP contribution in [-0.4, -0.2) is 28.8 Å². The van der Waals surface area contributed by atoms with Crippen LogP contribution in [0.4, 0.5) is 0 Å². The van der Waals surface area contributed by atoms with Gasteiger partial charge in [0.15, 0.2) is 0 Å². The molecule has 88 valence electrons. The fourth-order valence-corrected chi connectivity index (χ4v) is 1.67. The Labute approximate surface area is 99.8 Å². The van der Waals surface area contributed by atoms with Crippen molar-refractivity contribution in [3.05, 3.63) is 18.1 Å². The highest BCUT2D eigenvalue weighted by atomic mass is 32.2. The summed E-state index contributed by atoms with van der Waals surface area (Å²) in [4.78, 5) is 19.6. The number of hydrogen-bond acceptors (Lipinski definition) is 5. The Morgan fingerprint density at radius 1 is 1.50 bits per heavy atom. The molecule has 4 nitrogen and oxygen atoms in total. The highest BCUT2D eigenvalue weighted by molar-refractivity contribution is 7.99. The summed E-state index contributed by atoms with van der Waals surface area (Å²) in [6.07, 6.45) is 1.72. The Bertz CT molecular complexity index is 374. The van der Waals surface area contributed by atoms with E-state index in [0.29, 0.717) is 0 Å². The maximum Gasteiger partial charge on any atom is 0.316 e. The largest absolute Gasteiger partial charge is 0.468 e. The first-order chi connectivity index (χ1) is 7.43. The standard InChI is InChI=1S/C11H16N2O2S/c1-11(2,3)10-12-6-5-8(13-10)16-7-9(14)15-4/h5-6H,7H2,1-4H3. The summed E-state index contributed by atoms with van der Waals surface area (Å²) in [6, 6.07) is 1.79. The zero-order valence-corrected chi connectivity index (χ0v) is 10.8. The van der Waals surface area contributed by atoms with Gasteiger partial charge in [-0.2, -0.15) is 0 Å². The normalized spacial score (nSPS) is 11.2. The van der Waals surface area contributed by atoms with E-state index in [9.17, 15) is 4.79 Å². The average molecular weight is 240 g/mol. The second-order valence-corrected chi connectivity index (χ2v) is 5.33. The molecule has 1 aromatic rings. The predicted octanol–water partition coefficient (Wildman–Crippen LogP) is 2.04. The minimum Gasteiger partial charge on any atom is -0.468 e. The number of hydrogen-bond donors (Lipinski definition) is 0. The number of esters is 1. The zero-order valence-electron chi connectivity index (χ0n) is 9.98. The molecule has 0 aliphatic rings. The van der Waals surface area contributed by atoms with Crippen LogP contribution in [0.3, 0.4) is 0 Å². The molecule has 0 amide bonds. The van der Waals surface area contributed by atoms with Gasteiger partial charge in [0.25, 0.3) is 0 Å². The summed E-state index contributed by atoms with van der Waals surface area (Å²) in [5.41, 5.74) is -0.0815. The molecule has 1 aromatic heterocycles. The Morgan fingerprint density at radius 2 is 2.19 bits per heavy atom. The smallest absolute Gasteiger partial charge is 0.316 e. The number of ether oxygens (including phenoxy) is 1. The molecule has 0 spiro atoms. The molecule has 1 heterocycles. The minimum atomic E-state index is -0.249.